The summed E-state index contributed by atoms with van der Waals surface area (Å²) in [5.74, 6) is -0.178. The Morgan fingerprint density at radius 1 is 1.69 bits per heavy atom. The summed E-state index contributed by atoms with van der Waals surface area (Å²) in [4.78, 5) is 21.2. The molecule has 0 fully saturated rings. The van der Waals surface area contributed by atoms with Crippen molar-refractivity contribution in [3.63, 3.8) is 0 Å². The Labute approximate surface area is 91.8 Å². The molecule has 2 atom stereocenters. The number of rotatable bonds is 4. The van der Waals surface area contributed by atoms with E-state index in [1.165, 1.54) is 6.34 Å². The van der Waals surface area contributed by atoms with Crippen molar-refractivity contribution in [1.82, 2.24) is 10.2 Å². The minimum Gasteiger partial charge on any atom is -0.394 e. The summed E-state index contributed by atoms with van der Waals surface area (Å²) >= 11 is 0. The highest BCUT2D eigenvalue weighted by atomic mass is 16.5. The van der Waals surface area contributed by atoms with Gasteiger partial charge in [0.05, 0.1) is 19.6 Å². The van der Waals surface area contributed by atoms with Crippen LogP contribution in [-0.4, -0.2) is 60.4 Å². The Morgan fingerprint density at radius 3 is 3.25 bits per heavy atom. The summed E-state index contributed by atoms with van der Waals surface area (Å²) in [5, 5.41) is 11.0. The number of ether oxygens (including phenoxy) is 1. The van der Waals surface area contributed by atoms with E-state index in [9.17, 15) is 4.79 Å². The van der Waals surface area contributed by atoms with Gasteiger partial charge in [0.15, 0.2) is 18.2 Å². The van der Waals surface area contributed by atoms with Gasteiger partial charge in [-0.2, -0.15) is 0 Å². The Morgan fingerprint density at radius 2 is 2.50 bits per heavy atom. The van der Waals surface area contributed by atoms with Gasteiger partial charge in [0.2, 0.25) is 0 Å². The maximum atomic E-state index is 11.5. The number of carbonyl (C=O) groups excluding carboxylic acids is 1. The lowest BCUT2D eigenvalue weighted by Crippen LogP contribution is -2.54. The number of nitrogens with zero attached hydrogens (tertiary/aromatic N) is 3. The minimum atomic E-state index is -0.565. The van der Waals surface area contributed by atoms with Gasteiger partial charge in [-0.05, 0) is 0 Å². The van der Waals surface area contributed by atoms with E-state index in [0.29, 0.717) is 0 Å². The van der Waals surface area contributed by atoms with Gasteiger partial charge in [-0.15, -0.1) is 0 Å². The van der Waals surface area contributed by atoms with E-state index in [2.05, 4.69) is 15.3 Å². The molecule has 2 aliphatic rings. The molecule has 0 aromatic carbocycles. The van der Waals surface area contributed by atoms with Crippen LogP contribution in [0.15, 0.2) is 9.98 Å². The van der Waals surface area contributed by atoms with Crippen LogP contribution in [0.5, 0.6) is 0 Å². The van der Waals surface area contributed by atoms with Crippen LogP contribution in [0.4, 0.5) is 0 Å². The Bertz CT molecular complexity index is 343. The van der Waals surface area contributed by atoms with E-state index < -0.39 is 12.2 Å². The van der Waals surface area contributed by atoms with Crippen LogP contribution in [0.2, 0.25) is 0 Å². The van der Waals surface area contributed by atoms with Gasteiger partial charge in [0.1, 0.15) is 6.73 Å². The number of nitrogens with one attached hydrogen (secondary N) is 1. The molecule has 0 saturated heterocycles. The van der Waals surface area contributed by atoms with Gasteiger partial charge in [0, 0.05) is 0 Å². The molecule has 0 bridgehead atoms. The van der Waals surface area contributed by atoms with Gasteiger partial charge in [-0.3, -0.25) is 15.1 Å². The van der Waals surface area contributed by atoms with Crippen molar-refractivity contribution in [1.29, 1.82) is 0 Å². The molecule has 0 aromatic rings. The highest BCUT2D eigenvalue weighted by molar-refractivity contribution is 6.02. The van der Waals surface area contributed by atoms with Crippen LogP contribution in [0, 0.1) is 0 Å². The standard InChI is InChI=1S/C8H13N5O3/c9-8-11-6-5(7(15)12-8)10-3-13(6)4-16-2-1-14/h3,5-6,14H,1-2,4H2,(H3,9,11,12,15)/t5-,6-/m0/s1. The van der Waals surface area contributed by atoms with Crippen LogP contribution >= 0.6 is 0 Å². The summed E-state index contributed by atoms with van der Waals surface area (Å²) in [6.07, 6.45) is 1.07. The maximum absolute atomic E-state index is 11.5. The monoisotopic (exact) mass is 227 g/mol. The third-order valence-electron chi connectivity index (χ3n) is 2.27. The molecule has 2 heterocycles. The van der Waals surface area contributed by atoms with E-state index >= 15 is 0 Å². The molecule has 2 rings (SSSR count). The highest BCUT2D eigenvalue weighted by Gasteiger charge is 2.39. The fourth-order valence-corrected chi connectivity index (χ4v) is 1.55. The maximum Gasteiger partial charge on any atom is 0.255 e. The van der Waals surface area contributed by atoms with Gasteiger partial charge in [-0.1, -0.05) is 0 Å². The lowest BCUT2D eigenvalue weighted by molar-refractivity contribution is -0.122. The van der Waals surface area contributed by atoms with Crippen molar-refractivity contribution in [2.75, 3.05) is 19.9 Å². The van der Waals surface area contributed by atoms with E-state index in [1.54, 1.807) is 4.90 Å². The second-order valence-electron chi connectivity index (χ2n) is 3.40. The first-order chi connectivity index (χ1) is 7.72. The number of amides is 1. The third-order valence-corrected chi connectivity index (χ3v) is 2.27. The fourth-order valence-electron chi connectivity index (χ4n) is 1.55. The summed E-state index contributed by atoms with van der Waals surface area (Å²) < 4.78 is 5.13. The molecule has 8 nitrogen and oxygen atoms in total. The fraction of sp³-hybridized carbons (Fsp3) is 0.625. The summed E-state index contributed by atoms with van der Waals surface area (Å²) in [5.41, 5.74) is 5.45. The zero-order valence-electron chi connectivity index (χ0n) is 8.54. The molecule has 1 amide bonds. The quantitative estimate of drug-likeness (QED) is 0.457. The van der Waals surface area contributed by atoms with E-state index in [0.717, 1.165) is 0 Å². The van der Waals surface area contributed by atoms with E-state index in [4.69, 9.17) is 15.6 Å². The molecule has 2 aliphatic heterocycles. The lowest BCUT2D eigenvalue weighted by atomic mass is 10.2. The third kappa shape index (κ3) is 1.97. The largest absolute Gasteiger partial charge is 0.394 e. The SMILES string of the molecule is NC1=N[C@@H]2[C@H](N=CN2COCCO)C(=O)N1. The summed E-state index contributed by atoms with van der Waals surface area (Å²) in [6, 6.07) is -0.565. The smallest absolute Gasteiger partial charge is 0.255 e. The topological polar surface area (TPSA) is 113 Å². The molecular formula is C8H13N5O3. The molecule has 0 radical (unpaired) electrons. The molecule has 0 unspecified atom stereocenters. The molecule has 88 valence electrons. The van der Waals surface area contributed by atoms with E-state index in [-0.39, 0.29) is 31.8 Å². The van der Waals surface area contributed by atoms with Crippen LogP contribution in [-0.2, 0) is 9.53 Å². The number of aliphatic hydroxyl groups excluding tert-OH is 1. The highest BCUT2D eigenvalue weighted by Crippen LogP contribution is 2.17. The average molecular weight is 227 g/mol. The number of nitrogens with two attached hydrogens (primary N) is 1. The Kier molecular flexibility index (Phi) is 3.02. The number of guanidine groups is 1. The molecule has 0 aromatic heterocycles. The predicted molar refractivity (Wildman–Crippen MR) is 55.6 cm³/mol. The first-order valence-corrected chi connectivity index (χ1v) is 4.84. The lowest BCUT2D eigenvalue weighted by Gasteiger charge is -2.27. The molecule has 4 N–H and O–H groups in total. The number of hydrogen-bond donors (Lipinski definition) is 3. The molecule has 16 heavy (non-hydrogen) atoms. The number of fused-ring (bicyclic) bond motifs is 1. The van der Waals surface area contributed by atoms with Gasteiger partial charge < -0.3 is 20.5 Å². The first kappa shape index (κ1) is 10.8. The van der Waals surface area contributed by atoms with Crippen molar-refractivity contribution >= 4 is 18.2 Å². The van der Waals surface area contributed by atoms with Gasteiger partial charge in [-0.25, -0.2) is 4.99 Å². The number of carbonyl (C=O) groups is 1. The minimum absolute atomic E-state index is 0.0506. The van der Waals surface area contributed by atoms with Crippen molar-refractivity contribution in [2.24, 2.45) is 15.7 Å². The Hall–Kier alpha value is -1.67. The normalized spacial score (nSPS) is 27.7. The predicted octanol–water partition coefficient (Wildman–Crippen LogP) is -2.56. The molecule has 0 saturated carbocycles. The second-order valence-corrected chi connectivity index (χ2v) is 3.40. The molecule has 8 heteroatoms. The number of hydrogen-bond acceptors (Lipinski definition) is 7. The van der Waals surface area contributed by atoms with Crippen molar-refractivity contribution in [2.45, 2.75) is 12.2 Å². The van der Waals surface area contributed by atoms with Gasteiger partial charge in [0.25, 0.3) is 5.91 Å². The van der Waals surface area contributed by atoms with Crippen molar-refractivity contribution in [3.8, 4) is 0 Å². The summed E-state index contributed by atoms with van der Waals surface area (Å²) in [7, 11) is 0. The van der Waals surface area contributed by atoms with Crippen molar-refractivity contribution < 1.29 is 14.6 Å². The Balaban J connectivity index is 2.00. The average Bonchev–Trinajstić information content (AvgIpc) is 2.62. The van der Waals surface area contributed by atoms with Crippen molar-refractivity contribution in [3.05, 3.63) is 0 Å². The zero-order chi connectivity index (χ0) is 11.5. The zero-order valence-corrected chi connectivity index (χ0v) is 8.54. The van der Waals surface area contributed by atoms with Crippen LogP contribution in [0.1, 0.15) is 0 Å². The molecular weight excluding hydrogens is 214 g/mol. The van der Waals surface area contributed by atoms with Gasteiger partial charge >= 0.3 is 0 Å². The first-order valence-electron chi connectivity index (χ1n) is 4.84. The summed E-state index contributed by atoms with van der Waals surface area (Å²) in [6.45, 7) is 0.396. The second kappa shape index (κ2) is 4.45. The molecule has 0 aliphatic carbocycles. The van der Waals surface area contributed by atoms with E-state index in [1.807, 2.05) is 0 Å². The van der Waals surface area contributed by atoms with Crippen LogP contribution < -0.4 is 11.1 Å². The van der Waals surface area contributed by atoms with Crippen LogP contribution in [0.3, 0.4) is 0 Å². The number of aliphatic imine (C=N–C) groups is 2. The number of aliphatic hydroxyl groups is 1. The molecule has 0 spiro atoms. The van der Waals surface area contributed by atoms with Crippen LogP contribution in [0.25, 0.3) is 0 Å².